The molecule has 1 aliphatic rings. The number of barbiturate groups is 1. The molecule has 1 heterocycles. The summed E-state index contributed by atoms with van der Waals surface area (Å²) in [6, 6.07) is 9.59. The van der Waals surface area contributed by atoms with E-state index in [4.69, 9.17) is 9.47 Å². The second kappa shape index (κ2) is 11.7. The van der Waals surface area contributed by atoms with Gasteiger partial charge in [-0.3, -0.25) is 25.0 Å². The summed E-state index contributed by atoms with van der Waals surface area (Å²) in [6.45, 7) is 2.18. The zero-order valence-corrected chi connectivity index (χ0v) is 23.8. The molecule has 15 heteroatoms. The summed E-state index contributed by atoms with van der Waals surface area (Å²) in [6.07, 6.45) is -3.75. The van der Waals surface area contributed by atoms with Crippen LogP contribution in [0.15, 0.2) is 69.1 Å². The number of rotatable bonds is 7. The molecular formula is C26H16Br2F3N3O7. The molecule has 0 unspecified atom stereocenters. The van der Waals surface area contributed by atoms with Crippen LogP contribution in [0, 0.1) is 10.1 Å². The van der Waals surface area contributed by atoms with E-state index < -0.39 is 51.5 Å². The number of anilines is 1. The minimum atomic E-state index is -4.83. The fourth-order valence-corrected chi connectivity index (χ4v) is 5.07. The van der Waals surface area contributed by atoms with Crippen LogP contribution in [0.3, 0.4) is 0 Å². The van der Waals surface area contributed by atoms with Crippen LogP contribution >= 0.6 is 31.9 Å². The van der Waals surface area contributed by atoms with Crippen molar-refractivity contribution in [2.45, 2.75) is 13.1 Å². The van der Waals surface area contributed by atoms with Crippen molar-refractivity contribution < 1.29 is 42.0 Å². The normalized spacial score (nSPS) is 14.7. The fourth-order valence-electron chi connectivity index (χ4n) is 3.73. The average Bonchev–Trinajstić information content (AvgIpc) is 2.88. The highest BCUT2D eigenvalue weighted by Crippen LogP contribution is 2.42. The standard InChI is InChI=1S/C26H16Br2F3N3O7/c1-2-40-17-6-4-16(5-7-17)33-24(36)18(23(35)32-25(33)37)10-13-9-15(27)12-19(28)22(13)41-21-8-3-14(26(29,30)31)11-20(21)34(38)39/h3-12H,2H2,1H3,(H,32,35,37)/b18-10+. The number of urea groups is 1. The van der Waals surface area contributed by atoms with Gasteiger partial charge in [0.1, 0.15) is 17.1 Å². The van der Waals surface area contributed by atoms with Gasteiger partial charge in [0.15, 0.2) is 0 Å². The van der Waals surface area contributed by atoms with Gasteiger partial charge in [-0.2, -0.15) is 13.2 Å². The Bertz CT molecular complexity index is 1610. The molecule has 1 saturated heterocycles. The zero-order chi connectivity index (χ0) is 30.1. The van der Waals surface area contributed by atoms with E-state index in [0.29, 0.717) is 29.0 Å². The van der Waals surface area contributed by atoms with E-state index >= 15 is 0 Å². The van der Waals surface area contributed by atoms with Gasteiger partial charge in [-0.15, -0.1) is 0 Å². The lowest BCUT2D eigenvalue weighted by Crippen LogP contribution is -2.54. The number of ether oxygens (including phenoxy) is 2. The number of hydrogen-bond acceptors (Lipinski definition) is 7. The Morgan fingerprint density at radius 2 is 1.73 bits per heavy atom. The Hall–Kier alpha value is -4.24. The van der Waals surface area contributed by atoms with Crippen molar-refractivity contribution in [1.29, 1.82) is 0 Å². The Labute approximate surface area is 246 Å². The predicted molar refractivity (Wildman–Crippen MR) is 147 cm³/mol. The SMILES string of the molecule is CCOc1ccc(N2C(=O)NC(=O)/C(=C\c3cc(Br)cc(Br)c3Oc3ccc(C(F)(F)F)cc3[N+](=O)[O-])C2=O)cc1. The predicted octanol–water partition coefficient (Wildman–Crippen LogP) is 7.00. The van der Waals surface area contributed by atoms with E-state index in [0.717, 1.165) is 17.0 Å². The number of benzene rings is 3. The summed E-state index contributed by atoms with van der Waals surface area (Å²) >= 11 is 6.50. The molecule has 0 aromatic heterocycles. The first-order valence-corrected chi connectivity index (χ1v) is 13.1. The smallest absolute Gasteiger partial charge is 0.416 e. The number of halogens is 5. The number of amides is 4. The van der Waals surface area contributed by atoms with E-state index in [2.05, 4.69) is 37.2 Å². The molecule has 0 spiro atoms. The lowest BCUT2D eigenvalue weighted by Gasteiger charge is -2.26. The molecule has 41 heavy (non-hydrogen) atoms. The van der Waals surface area contributed by atoms with Gasteiger partial charge in [0.25, 0.3) is 11.8 Å². The number of carbonyl (C=O) groups is 3. The number of nitrogens with one attached hydrogen (secondary N) is 1. The molecular weight excluding hydrogens is 683 g/mol. The summed E-state index contributed by atoms with van der Waals surface area (Å²) in [5.74, 6) is -2.20. The molecule has 4 amide bonds. The van der Waals surface area contributed by atoms with Crippen LogP contribution in [0.2, 0.25) is 0 Å². The molecule has 0 aliphatic carbocycles. The highest BCUT2D eigenvalue weighted by molar-refractivity contribution is 9.11. The van der Waals surface area contributed by atoms with E-state index in [1.54, 1.807) is 6.92 Å². The van der Waals surface area contributed by atoms with Gasteiger partial charge >= 0.3 is 17.9 Å². The molecule has 3 aromatic rings. The van der Waals surface area contributed by atoms with Gasteiger partial charge < -0.3 is 9.47 Å². The van der Waals surface area contributed by atoms with Gasteiger partial charge in [0.2, 0.25) is 5.75 Å². The lowest BCUT2D eigenvalue weighted by molar-refractivity contribution is -0.385. The Kier molecular flexibility index (Phi) is 8.49. The molecule has 10 nitrogen and oxygen atoms in total. The second-order valence-corrected chi connectivity index (χ2v) is 10.0. The maximum absolute atomic E-state index is 13.4. The third-order valence-corrected chi connectivity index (χ3v) is 6.59. The van der Waals surface area contributed by atoms with E-state index in [-0.39, 0.29) is 21.5 Å². The van der Waals surface area contributed by atoms with Gasteiger partial charge in [-0.1, -0.05) is 15.9 Å². The third-order valence-electron chi connectivity index (χ3n) is 5.54. The van der Waals surface area contributed by atoms with E-state index in [1.807, 2.05) is 0 Å². The summed E-state index contributed by atoms with van der Waals surface area (Å²) in [7, 11) is 0. The molecule has 0 atom stereocenters. The number of nitrogens with zero attached hydrogens (tertiary/aromatic N) is 2. The first kappa shape index (κ1) is 29.7. The second-order valence-electron chi connectivity index (χ2n) is 8.23. The van der Waals surface area contributed by atoms with Crippen molar-refractivity contribution in [2.24, 2.45) is 0 Å². The Morgan fingerprint density at radius 3 is 2.34 bits per heavy atom. The highest BCUT2D eigenvalue weighted by Gasteiger charge is 2.37. The first-order valence-electron chi connectivity index (χ1n) is 11.5. The van der Waals surface area contributed by atoms with Gasteiger partial charge in [0.05, 0.1) is 27.3 Å². The van der Waals surface area contributed by atoms with Crippen molar-refractivity contribution in [2.75, 3.05) is 11.5 Å². The first-order chi connectivity index (χ1) is 19.3. The van der Waals surface area contributed by atoms with Crippen LogP contribution in [0.25, 0.3) is 6.08 Å². The molecule has 0 radical (unpaired) electrons. The minimum absolute atomic E-state index is 0.0277. The fraction of sp³-hybridized carbons (Fsp3) is 0.115. The molecule has 0 bridgehead atoms. The average molecular weight is 699 g/mol. The van der Waals surface area contributed by atoms with Crippen molar-refractivity contribution in [3.05, 3.63) is 90.4 Å². The minimum Gasteiger partial charge on any atom is -0.494 e. The molecule has 1 aliphatic heterocycles. The summed E-state index contributed by atoms with van der Waals surface area (Å²) in [4.78, 5) is 49.9. The summed E-state index contributed by atoms with van der Waals surface area (Å²) in [5, 5.41) is 13.6. The maximum atomic E-state index is 13.4. The van der Waals surface area contributed by atoms with Crippen molar-refractivity contribution in [3.63, 3.8) is 0 Å². The Balaban J connectivity index is 1.78. The third kappa shape index (κ3) is 6.41. The molecule has 1 N–H and O–H groups in total. The van der Waals surface area contributed by atoms with Crippen molar-refractivity contribution >= 4 is 67.2 Å². The Morgan fingerprint density at radius 1 is 1.05 bits per heavy atom. The largest absolute Gasteiger partial charge is 0.494 e. The van der Waals surface area contributed by atoms with Crippen LogP contribution < -0.4 is 19.7 Å². The quantitative estimate of drug-likeness (QED) is 0.122. The van der Waals surface area contributed by atoms with Crippen LogP contribution in [0.4, 0.5) is 29.3 Å². The number of carbonyl (C=O) groups excluding carboxylic acids is 3. The lowest BCUT2D eigenvalue weighted by atomic mass is 10.1. The molecule has 3 aromatic carbocycles. The van der Waals surface area contributed by atoms with Crippen LogP contribution in [0.5, 0.6) is 17.2 Å². The molecule has 1 fully saturated rings. The summed E-state index contributed by atoms with van der Waals surface area (Å²) < 4.78 is 51.1. The molecule has 212 valence electrons. The number of nitro benzene ring substituents is 1. The molecule has 0 saturated carbocycles. The summed E-state index contributed by atoms with van der Waals surface area (Å²) in [5.41, 5.74) is -2.54. The topological polar surface area (TPSA) is 128 Å². The highest BCUT2D eigenvalue weighted by atomic mass is 79.9. The van der Waals surface area contributed by atoms with Crippen LogP contribution in [-0.2, 0) is 15.8 Å². The maximum Gasteiger partial charge on any atom is 0.416 e. The van der Waals surface area contributed by atoms with Crippen LogP contribution in [-0.4, -0.2) is 29.4 Å². The zero-order valence-electron chi connectivity index (χ0n) is 20.6. The van der Waals surface area contributed by atoms with E-state index in [9.17, 15) is 37.7 Å². The van der Waals surface area contributed by atoms with Crippen molar-refractivity contribution in [3.8, 4) is 17.2 Å². The number of imide groups is 2. The number of hydrogen-bond donors (Lipinski definition) is 1. The van der Waals surface area contributed by atoms with Gasteiger partial charge in [-0.25, -0.2) is 9.69 Å². The monoisotopic (exact) mass is 697 g/mol. The number of nitro groups is 1. The van der Waals surface area contributed by atoms with E-state index in [1.165, 1.54) is 36.4 Å². The van der Waals surface area contributed by atoms with Crippen LogP contribution in [0.1, 0.15) is 18.1 Å². The van der Waals surface area contributed by atoms with Gasteiger partial charge in [-0.05, 0) is 77.5 Å². The van der Waals surface area contributed by atoms with Crippen molar-refractivity contribution in [1.82, 2.24) is 5.32 Å². The number of alkyl halides is 3. The molecule has 4 rings (SSSR count). The van der Waals surface area contributed by atoms with Gasteiger partial charge in [0, 0.05) is 16.1 Å².